The summed E-state index contributed by atoms with van der Waals surface area (Å²) in [7, 11) is 1.40. The summed E-state index contributed by atoms with van der Waals surface area (Å²) in [6.07, 6.45) is -2.95. The Morgan fingerprint density at radius 1 is 1.47 bits per heavy atom. The van der Waals surface area contributed by atoms with Gasteiger partial charge in [-0.15, -0.1) is 0 Å². The maximum Gasteiger partial charge on any atom is 0.220 e. The van der Waals surface area contributed by atoms with Crippen LogP contribution < -0.4 is 10.5 Å². The minimum absolute atomic E-state index is 0.157. The van der Waals surface area contributed by atoms with Crippen LogP contribution in [-0.2, 0) is 4.79 Å². The van der Waals surface area contributed by atoms with Gasteiger partial charge in [-0.3, -0.25) is 4.79 Å². The molecule has 1 rings (SSSR count). The van der Waals surface area contributed by atoms with Gasteiger partial charge < -0.3 is 25.8 Å². The van der Waals surface area contributed by atoms with Crippen LogP contribution in [0, 0.1) is 0 Å². The number of aliphatic hydroxyl groups excluding tert-OH is 2. The van der Waals surface area contributed by atoms with E-state index in [0.29, 0.717) is 0 Å². The van der Waals surface area contributed by atoms with Crippen LogP contribution >= 0.6 is 0 Å². The molecule has 2 unspecified atom stereocenters. The second-order valence-corrected chi connectivity index (χ2v) is 3.61. The summed E-state index contributed by atoms with van der Waals surface area (Å²) < 4.78 is 4.84. The average Bonchev–Trinajstić information content (AvgIpc) is 2.27. The molecule has 1 amide bonds. The number of carbonyl (C=O) groups is 1. The summed E-state index contributed by atoms with van der Waals surface area (Å²) in [6.45, 7) is 0. The smallest absolute Gasteiger partial charge is 0.220 e. The van der Waals surface area contributed by atoms with Gasteiger partial charge in [0.2, 0.25) is 5.91 Å². The third-order valence-electron chi connectivity index (χ3n) is 2.32. The lowest BCUT2D eigenvalue weighted by Gasteiger charge is -2.17. The largest absolute Gasteiger partial charge is 0.504 e. The van der Waals surface area contributed by atoms with Crippen LogP contribution in [0.25, 0.3) is 0 Å². The van der Waals surface area contributed by atoms with Crippen molar-refractivity contribution < 1.29 is 24.9 Å². The van der Waals surface area contributed by atoms with Crippen LogP contribution in [0.15, 0.2) is 18.2 Å². The van der Waals surface area contributed by atoms with E-state index in [9.17, 15) is 20.1 Å². The van der Waals surface area contributed by atoms with Crippen LogP contribution in [0.4, 0.5) is 0 Å². The van der Waals surface area contributed by atoms with Crippen molar-refractivity contribution in [3.63, 3.8) is 0 Å². The number of carbonyl (C=O) groups excluding carboxylic acids is 1. The molecule has 0 bridgehead atoms. The molecule has 6 heteroatoms. The number of hydrogen-bond donors (Lipinski definition) is 4. The molecule has 5 N–H and O–H groups in total. The first-order chi connectivity index (χ1) is 7.95. The van der Waals surface area contributed by atoms with Gasteiger partial charge in [0.05, 0.1) is 19.6 Å². The molecule has 1 aromatic rings. The van der Waals surface area contributed by atoms with Gasteiger partial charge in [0, 0.05) is 0 Å². The molecule has 0 heterocycles. The van der Waals surface area contributed by atoms with Gasteiger partial charge in [-0.25, -0.2) is 0 Å². The number of nitrogens with two attached hydrogens (primary N) is 1. The molecule has 0 aliphatic carbocycles. The lowest BCUT2D eigenvalue weighted by molar-refractivity contribution is -0.121. The number of rotatable bonds is 5. The fraction of sp³-hybridized carbons (Fsp3) is 0.364. The van der Waals surface area contributed by atoms with Crippen molar-refractivity contribution in [3.8, 4) is 11.5 Å². The maximum absolute atomic E-state index is 10.6. The minimum atomic E-state index is -1.31. The fourth-order valence-corrected chi connectivity index (χ4v) is 1.43. The van der Waals surface area contributed by atoms with Crippen molar-refractivity contribution in [1.29, 1.82) is 0 Å². The van der Waals surface area contributed by atoms with Crippen LogP contribution in [0.2, 0.25) is 0 Å². The Kier molecular flexibility index (Phi) is 4.30. The van der Waals surface area contributed by atoms with Gasteiger partial charge in [-0.2, -0.15) is 0 Å². The summed E-state index contributed by atoms with van der Waals surface area (Å²) in [5.41, 5.74) is 5.18. The van der Waals surface area contributed by atoms with E-state index >= 15 is 0 Å². The van der Waals surface area contributed by atoms with E-state index in [2.05, 4.69) is 0 Å². The van der Waals surface area contributed by atoms with Crippen molar-refractivity contribution in [2.24, 2.45) is 5.73 Å². The van der Waals surface area contributed by atoms with Crippen molar-refractivity contribution in [2.45, 2.75) is 18.6 Å². The highest BCUT2D eigenvalue weighted by atomic mass is 16.5. The van der Waals surface area contributed by atoms with E-state index in [1.165, 1.54) is 25.3 Å². The summed E-state index contributed by atoms with van der Waals surface area (Å²) in [6, 6.07) is 4.19. The fourth-order valence-electron chi connectivity index (χ4n) is 1.43. The van der Waals surface area contributed by atoms with Crippen molar-refractivity contribution in [1.82, 2.24) is 0 Å². The summed E-state index contributed by atoms with van der Waals surface area (Å²) in [4.78, 5) is 10.6. The number of hydrogen-bond acceptors (Lipinski definition) is 5. The highest BCUT2D eigenvalue weighted by Gasteiger charge is 2.21. The van der Waals surface area contributed by atoms with Gasteiger partial charge in [0.15, 0.2) is 11.5 Å². The normalized spacial score (nSPS) is 14.1. The average molecular weight is 241 g/mol. The molecule has 0 spiro atoms. The molecule has 1 aromatic carbocycles. The Hall–Kier alpha value is -1.79. The number of benzene rings is 1. The van der Waals surface area contributed by atoms with Gasteiger partial charge in [0.1, 0.15) is 6.10 Å². The number of phenols is 1. The zero-order chi connectivity index (χ0) is 13.0. The molecule has 0 radical (unpaired) electrons. The van der Waals surface area contributed by atoms with Gasteiger partial charge >= 0.3 is 0 Å². The maximum atomic E-state index is 10.6. The molecule has 0 aromatic heterocycles. The number of phenolic OH excluding ortho intramolecular Hbond substituents is 1. The van der Waals surface area contributed by atoms with Gasteiger partial charge in [-0.05, 0) is 17.7 Å². The zero-order valence-electron chi connectivity index (χ0n) is 9.33. The molecule has 0 aliphatic heterocycles. The Labute approximate surface area is 98.3 Å². The second-order valence-electron chi connectivity index (χ2n) is 3.61. The number of aromatic hydroxyl groups is 1. The predicted molar refractivity (Wildman–Crippen MR) is 59.4 cm³/mol. The van der Waals surface area contributed by atoms with Crippen LogP contribution in [0.5, 0.6) is 11.5 Å². The first-order valence-electron chi connectivity index (χ1n) is 4.97. The first-order valence-corrected chi connectivity index (χ1v) is 4.97. The van der Waals surface area contributed by atoms with E-state index in [4.69, 9.17) is 10.5 Å². The van der Waals surface area contributed by atoms with Crippen LogP contribution in [0.3, 0.4) is 0 Å². The summed E-state index contributed by atoms with van der Waals surface area (Å²) in [5, 5.41) is 28.7. The van der Waals surface area contributed by atoms with Crippen LogP contribution in [0.1, 0.15) is 18.1 Å². The van der Waals surface area contributed by atoms with E-state index in [1.807, 2.05) is 0 Å². The molecule has 0 aliphatic rings. The van der Waals surface area contributed by atoms with Gasteiger partial charge in [-0.1, -0.05) is 6.07 Å². The van der Waals surface area contributed by atoms with Crippen molar-refractivity contribution >= 4 is 5.91 Å². The zero-order valence-corrected chi connectivity index (χ0v) is 9.33. The SMILES string of the molecule is COc1ccc(C(O)C(O)CC(N)=O)cc1O. The Morgan fingerprint density at radius 2 is 2.12 bits per heavy atom. The Morgan fingerprint density at radius 3 is 2.59 bits per heavy atom. The molecule has 6 nitrogen and oxygen atoms in total. The minimum Gasteiger partial charge on any atom is -0.504 e. The van der Waals surface area contributed by atoms with E-state index in [0.717, 1.165) is 0 Å². The number of ether oxygens (including phenoxy) is 1. The molecular formula is C11H15NO5. The molecular weight excluding hydrogens is 226 g/mol. The first kappa shape index (κ1) is 13.3. The second kappa shape index (κ2) is 5.51. The summed E-state index contributed by atoms with van der Waals surface area (Å²) >= 11 is 0. The van der Waals surface area contributed by atoms with E-state index in [1.54, 1.807) is 0 Å². The monoisotopic (exact) mass is 241 g/mol. The quantitative estimate of drug-likeness (QED) is 0.563. The Balaban J connectivity index is 2.85. The summed E-state index contributed by atoms with van der Waals surface area (Å²) in [5.74, 6) is -0.616. The molecule has 94 valence electrons. The topological polar surface area (TPSA) is 113 Å². The third kappa shape index (κ3) is 3.33. The molecule has 0 fully saturated rings. The van der Waals surface area contributed by atoms with Crippen molar-refractivity contribution in [2.75, 3.05) is 7.11 Å². The van der Waals surface area contributed by atoms with Gasteiger partial charge in [0.25, 0.3) is 0 Å². The number of primary amides is 1. The molecule has 17 heavy (non-hydrogen) atoms. The highest BCUT2D eigenvalue weighted by Crippen LogP contribution is 2.30. The lowest BCUT2D eigenvalue weighted by atomic mass is 10.0. The third-order valence-corrected chi connectivity index (χ3v) is 2.32. The highest BCUT2D eigenvalue weighted by molar-refractivity contribution is 5.74. The number of amides is 1. The van der Waals surface area contributed by atoms with Crippen molar-refractivity contribution in [3.05, 3.63) is 23.8 Å². The molecule has 0 saturated heterocycles. The molecule has 0 saturated carbocycles. The predicted octanol–water partition coefficient (Wildman–Crippen LogP) is -0.330. The van der Waals surface area contributed by atoms with Crippen LogP contribution in [-0.4, -0.2) is 34.4 Å². The Bertz CT molecular complexity index is 407. The lowest BCUT2D eigenvalue weighted by Crippen LogP contribution is -2.25. The van der Waals surface area contributed by atoms with E-state index < -0.39 is 18.1 Å². The standard InChI is InChI=1S/C11H15NO5/c1-17-9-3-2-6(4-7(9)13)11(16)8(14)5-10(12)15/h2-4,8,11,13-14,16H,5H2,1H3,(H2,12,15). The number of methoxy groups -OCH3 is 1. The molecule has 2 atom stereocenters. The van der Waals surface area contributed by atoms with E-state index in [-0.39, 0.29) is 23.5 Å². The number of aliphatic hydroxyl groups is 2.